The van der Waals surface area contributed by atoms with E-state index in [4.69, 9.17) is 24.2 Å². The molecule has 0 bridgehead atoms. The van der Waals surface area contributed by atoms with Crippen molar-refractivity contribution >= 4 is 10.8 Å². The molecule has 6 rings (SSSR count). The second-order valence-electron chi connectivity index (χ2n) is 9.58. The highest BCUT2D eigenvalue weighted by Gasteiger charge is 2.13. The van der Waals surface area contributed by atoms with E-state index in [0.717, 1.165) is 71.8 Å². The van der Waals surface area contributed by atoms with Crippen molar-refractivity contribution in [3.05, 3.63) is 109 Å². The summed E-state index contributed by atoms with van der Waals surface area (Å²) >= 11 is 0. The van der Waals surface area contributed by atoms with Crippen molar-refractivity contribution in [1.82, 2.24) is 14.9 Å². The third-order valence-corrected chi connectivity index (χ3v) is 6.85. The Balaban J connectivity index is 1.24. The van der Waals surface area contributed by atoms with Crippen LogP contribution in [0.5, 0.6) is 11.6 Å². The fraction of sp³-hybridized carbons (Fsp3) is 0.212. The standard InChI is InChI=1S/C33H31N3O3/c1-3-7-25(8-4-1)24-39-30-14-13-27-21-29(12-11-28(27)22-30)33-34-31(26-9-5-2-6-10-26)23-32(35-33)38-20-17-36-15-18-37-19-16-36/h1-14,21-23H,15-20,24H2. The van der Waals surface area contributed by atoms with Gasteiger partial charge in [-0.2, -0.15) is 4.98 Å². The lowest BCUT2D eigenvalue weighted by molar-refractivity contribution is 0.0320. The molecule has 0 radical (unpaired) electrons. The third-order valence-electron chi connectivity index (χ3n) is 6.85. The molecule has 0 unspecified atom stereocenters. The Morgan fingerprint density at radius 2 is 1.44 bits per heavy atom. The average Bonchev–Trinajstić information content (AvgIpc) is 3.01. The zero-order valence-electron chi connectivity index (χ0n) is 21.8. The molecular weight excluding hydrogens is 486 g/mol. The second kappa shape index (κ2) is 12.1. The van der Waals surface area contributed by atoms with Crippen LogP contribution in [0.2, 0.25) is 0 Å². The zero-order chi connectivity index (χ0) is 26.3. The number of nitrogens with zero attached hydrogens (tertiary/aromatic N) is 3. The highest BCUT2D eigenvalue weighted by atomic mass is 16.5. The van der Waals surface area contributed by atoms with Crippen LogP contribution in [0.25, 0.3) is 33.4 Å². The van der Waals surface area contributed by atoms with Gasteiger partial charge in [-0.3, -0.25) is 4.90 Å². The Bertz CT molecular complexity index is 1520. The molecule has 5 aromatic rings. The highest BCUT2D eigenvalue weighted by Crippen LogP contribution is 2.29. The number of aromatic nitrogens is 2. The first-order valence-electron chi connectivity index (χ1n) is 13.4. The molecule has 1 fully saturated rings. The molecule has 196 valence electrons. The number of hydrogen-bond acceptors (Lipinski definition) is 6. The lowest BCUT2D eigenvalue weighted by Crippen LogP contribution is -2.38. The van der Waals surface area contributed by atoms with Gasteiger partial charge in [0.25, 0.3) is 0 Å². The summed E-state index contributed by atoms with van der Waals surface area (Å²) in [4.78, 5) is 12.1. The highest BCUT2D eigenvalue weighted by molar-refractivity contribution is 5.87. The van der Waals surface area contributed by atoms with E-state index in [1.807, 2.05) is 48.5 Å². The second-order valence-corrected chi connectivity index (χ2v) is 9.58. The number of fused-ring (bicyclic) bond motifs is 1. The smallest absolute Gasteiger partial charge is 0.217 e. The maximum atomic E-state index is 6.15. The van der Waals surface area contributed by atoms with Crippen molar-refractivity contribution in [3.8, 4) is 34.3 Å². The summed E-state index contributed by atoms with van der Waals surface area (Å²) in [5.41, 5.74) is 3.95. The molecular formula is C33H31N3O3. The van der Waals surface area contributed by atoms with Crippen LogP contribution in [0.3, 0.4) is 0 Å². The predicted octanol–water partition coefficient (Wildman–Crippen LogP) is 6.25. The molecule has 0 atom stereocenters. The van der Waals surface area contributed by atoms with E-state index in [0.29, 0.717) is 24.9 Å². The van der Waals surface area contributed by atoms with Gasteiger partial charge in [-0.1, -0.05) is 78.9 Å². The normalized spacial score (nSPS) is 13.8. The number of morpholine rings is 1. The van der Waals surface area contributed by atoms with Crippen molar-refractivity contribution in [1.29, 1.82) is 0 Å². The molecule has 1 saturated heterocycles. The van der Waals surface area contributed by atoms with Crippen molar-refractivity contribution in [2.75, 3.05) is 39.5 Å². The molecule has 1 aromatic heterocycles. The number of ether oxygens (including phenoxy) is 3. The van der Waals surface area contributed by atoms with Gasteiger partial charge in [0.2, 0.25) is 5.88 Å². The molecule has 6 heteroatoms. The van der Waals surface area contributed by atoms with Gasteiger partial charge in [0.05, 0.1) is 18.9 Å². The van der Waals surface area contributed by atoms with E-state index >= 15 is 0 Å². The zero-order valence-corrected chi connectivity index (χ0v) is 21.8. The van der Waals surface area contributed by atoms with E-state index in [1.165, 1.54) is 0 Å². The van der Waals surface area contributed by atoms with Crippen LogP contribution in [-0.4, -0.2) is 54.3 Å². The SMILES string of the molecule is c1ccc(COc2ccc3cc(-c4nc(OCCN5CCOCC5)cc(-c5ccccc5)n4)ccc3c2)cc1. The molecule has 6 nitrogen and oxygen atoms in total. The molecule has 1 aliphatic heterocycles. The molecule has 0 saturated carbocycles. The van der Waals surface area contributed by atoms with Gasteiger partial charge in [0.15, 0.2) is 5.82 Å². The van der Waals surface area contributed by atoms with Crippen molar-refractivity contribution in [3.63, 3.8) is 0 Å². The summed E-state index contributed by atoms with van der Waals surface area (Å²) in [5.74, 6) is 2.07. The number of hydrogen-bond donors (Lipinski definition) is 0. The summed E-state index contributed by atoms with van der Waals surface area (Å²) in [6.07, 6.45) is 0. The van der Waals surface area contributed by atoms with Crippen LogP contribution in [0.15, 0.2) is 103 Å². The van der Waals surface area contributed by atoms with E-state index in [-0.39, 0.29) is 0 Å². The Hall–Kier alpha value is -4.26. The minimum Gasteiger partial charge on any atom is -0.489 e. The fourth-order valence-corrected chi connectivity index (χ4v) is 4.68. The van der Waals surface area contributed by atoms with E-state index < -0.39 is 0 Å². The number of benzene rings is 4. The van der Waals surface area contributed by atoms with Crippen LogP contribution in [-0.2, 0) is 11.3 Å². The molecule has 0 spiro atoms. The average molecular weight is 518 g/mol. The topological polar surface area (TPSA) is 56.7 Å². The van der Waals surface area contributed by atoms with Crippen molar-refractivity contribution < 1.29 is 14.2 Å². The van der Waals surface area contributed by atoms with Gasteiger partial charge in [-0.25, -0.2) is 4.98 Å². The Morgan fingerprint density at radius 3 is 2.26 bits per heavy atom. The Morgan fingerprint density at radius 1 is 0.692 bits per heavy atom. The summed E-state index contributed by atoms with van der Waals surface area (Å²) in [6.45, 7) is 5.37. The van der Waals surface area contributed by atoms with Gasteiger partial charge in [0.1, 0.15) is 19.0 Å². The van der Waals surface area contributed by atoms with Gasteiger partial charge < -0.3 is 14.2 Å². The molecule has 0 aliphatic carbocycles. The summed E-state index contributed by atoms with van der Waals surface area (Å²) in [6, 6.07) is 34.7. The Kier molecular flexibility index (Phi) is 7.75. The monoisotopic (exact) mass is 517 g/mol. The molecule has 39 heavy (non-hydrogen) atoms. The van der Waals surface area contributed by atoms with Crippen molar-refractivity contribution in [2.24, 2.45) is 0 Å². The van der Waals surface area contributed by atoms with Crippen molar-refractivity contribution in [2.45, 2.75) is 6.61 Å². The first-order chi connectivity index (χ1) is 19.3. The quantitative estimate of drug-likeness (QED) is 0.230. The van der Waals surface area contributed by atoms with Gasteiger partial charge in [-0.15, -0.1) is 0 Å². The first kappa shape index (κ1) is 25.0. The summed E-state index contributed by atoms with van der Waals surface area (Å²) in [7, 11) is 0. The molecule has 0 N–H and O–H groups in total. The van der Waals surface area contributed by atoms with E-state index in [1.54, 1.807) is 0 Å². The Labute approximate surface area is 228 Å². The third kappa shape index (κ3) is 6.42. The molecule has 2 heterocycles. The molecule has 0 amide bonds. The van der Waals surface area contributed by atoms with E-state index in [2.05, 4.69) is 59.5 Å². The minimum absolute atomic E-state index is 0.541. The van der Waals surface area contributed by atoms with Gasteiger partial charge >= 0.3 is 0 Å². The van der Waals surface area contributed by atoms with Gasteiger partial charge in [-0.05, 0) is 34.5 Å². The van der Waals surface area contributed by atoms with E-state index in [9.17, 15) is 0 Å². The molecule has 4 aromatic carbocycles. The van der Waals surface area contributed by atoms with Crippen LogP contribution in [0.4, 0.5) is 0 Å². The predicted molar refractivity (Wildman–Crippen MR) is 154 cm³/mol. The summed E-state index contributed by atoms with van der Waals surface area (Å²) in [5, 5.41) is 2.20. The van der Waals surface area contributed by atoms with Crippen LogP contribution < -0.4 is 9.47 Å². The lowest BCUT2D eigenvalue weighted by atomic mass is 10.1. The lowest BCUT2D eigenvalue weighted by Gasteiger charge is -2.26. The first-order valence-corrected chi connectivity index (χ1v) is 13.4. The summed E-state index contributed by atoms with van der Waals surface area (Å²) < 4.78 is 17.6. The minimum atomic E-state index is 0.541. The fourth-order valence-electron chi connectivity index (χ4n) is 4.68. The number of rotatable bonds is 9. The van der Waals surface area contributed by atoms with Gasteiger partial charge in [0, 0.05) is 36.8 Å². The maximum Gasteiger partial charge on any atom is 0.217 e. The van der Waals surface area contributed by atoms with Crippen LogP contribution in [0, 0.1) is 0 Å². The van der Waals surface area contributed by atoms with Crippen LogP contribution in [0.1, 0.15) is 5.56 Å². The molecule has 1 aliphatic rings. The largest absolute Gasteiger partial charge is 0.489 e. The van der Waals surface area contributed by atoms with Crippen LogP contribution >= 0.6 is 0 Å². The maximum absolute atomic E-state index is 6.15.